The fourth-order valence-electron chi connectivity index (χ4n) is 2.96. The van der Waals surface area contributed by atoms with Crippen LogP contribution in [0.3, 0.4) is 0 Å². The van der Waals surface area contributed by atoms with Gasteiger partial charge in [0.05, 0.1) is 46.7 Å². The van der Waals surface area contributed by atoms with E-state index >= 15 is 0 Å². The average Bonchev–Trinajstić information content (AvgIpc) is 3.38. The molecule has 3 aromatic rings. The fourth-order valence-corrected chi connectivity index (χ4v) is 4.90. The van der Waals surface area contributed by atoms with Crippen molar-refractivity contribution >= 4 is 66.9 Å². The number of nitrogens with one attached hydrogen (secondary N) is 1. The van der Waals surface area contributed by atoms with Crippen molar-refractivity contribution in [2.75, 3.05) is 11.9 Å². The predicted molar refractivity (Wildman–Crippen MR) is 113 cm³/mol. The van der Waals surface area contributed by atoms with Gasteiger partial charge in [-0.05, 0) is 40.0 Å². The summed E-state index contributed by atoms with van der Waals surface area (Å²) >= 11 is 6.47. The van der Waals surface area contributed by atoms with Crippen LogP contribution in [0.25, 0.3) is 0 Å². The van der Waals surface area contributed by atoms with Crippen molar-refractivity contribution in [3.63, 3.8) is 0 Å². The minimum absolute atomic E-state index is 0.205. The molecule has 28 heavy (non-hydrogen) atoms. The fraction of sp³-hybridized carbons (Fsp3) is 0.176. The maximum absolute atomic E-state index is 12.6. The van der Waals surface area contributed by atoms with E-state index in [1.165, 1.54) is 20.4 Å². The van der Waals surface area contributed by atoms with Gasteiger partial charge in [-0.25, -0.2) is 2.90 Å². The highest BCUT2D eigenvalue weighted by molar-refractivity contribution is 14.1. The molecule has 0 saturated heterocycles. The summed E-state index contributed by atoms with van der Waals surface area (Å²) in [6.45, 7) is 0.845. The third kappa shape index (κ3) is 3.59. The van der Waals surface area contributed by atoms with E-state index in [1.54, 1.807) is 23.2 Å². The van der Waals surface area contributed by atoms with Crippen molar-refractivity contribution in [3.05, 3.63) is 56.5 Å². The van der Waals surface area contributed by atoms with E-state index in [9.17, 15) is 14.9 Å². The van der Waals surface area contributed by atoms with Gasteiger partial charge in [-0.3, -0.25) is 9.59 Å². The van der Waals surface area contributed by atoms with E-state index in [-0.39, 0.29) is 17.6 Å². The molecule has 0 aliphatic carbocycles. The maximum atomic E-state index is 12.6. The molecule has 0 fully saturated rings. The van der Waals surface area contributed by atoms with E-state index in [4.69, 9.17) is 4.42 Å². The first-order chi connectivity index (χ1) is 13.5. The molecule has 11 heteroatoms. The van der Waals surface area contributed by atoms with Gasteiger partial charge in [-0.2, -0.15) is 10.4 Å². The molecule has 0 atom stereocenters. The number of fused-ring (bicyclic) bond motifs is 1. The first-order valence-corrected chi connectivity index (χ1v) is 10.6. The summed E-state index contributed by atoms with van der Waals surface area (Å²) in [5.74, 6) is -0.272. The highest BCUT2D eigenvalue weighted by Crippen LogP contribution is 2.37. The lowest BCUT2D eigenvalue weighted by molar-refractivity contribution is 0.0703. The molecule has 4 heterocycles. The summed E-state index contributed by atoms with van der Waals surface area (Å²) < 4.78 is 7.36. The lowest BCUT2D eigenvalue weighted by Gasteiger charge is -2.26. The Labute approximate surface area is 185 Å². The molecular weight excluding hydrogens is 561 g/mol. The zero-order valence-electron chi connectivity index (χ0n) is 14.1. The number of halogens is 2. The van der Waals surface area contributed by atoms with Crippen LogP contribution in [-0.4, -0.2) is 31.3 Å². The Morgan fingerprint density at radius 3 is 2.89 bits per heavy atom. The SMILES string of the molecule is N#Cc1c(NC(=O)c2cnn(I)c2)sc2c1CCN(C(=O)c1ccc(Br)o1)C2. The van der Waals surface area contributed by atoms with Gasteiger partial charge in [0, 0.05) is 17.6 Å². The number of carbonyl (C=O) groups excluding carboxylic acids is 2. The molecule has 1 N–H and O–H groups in total. The Morgan fingerprint density at radius 1 is 1.43 bits per heavy atom. The van der Waals surface area contributed by atoms with Crippen molar-refractivity contribution in [2.24, 2.45) is 0 Å². The normalized spacial score (nSPS) is 13.1. The minimum Gasteiger partial charge on any atom is -0.444 e. The van der Waals surface area contributed by atoms with E-state index in [0.717, 1.165) is 10.4 Å². The van der Waals surface area contributed by atoms with Crippen LogP contribution in [0.2, 0.25) is 0 Å². The zero-order valence-corrected chi connectivity index (χ0v) is 18.7. The van der Waals surface area contributed by atoms with Crippen LogP contribution < -0.4 is 5.32 Å². The molecule has 3 aromatic heterocycles. The van der Waals surface area contributed by atoms with Gasteiger partial charge in [-0.15, -0.1) is 11.3 Å². The smallest absolute Gasteiger partial charge is 0.289 e. The topological polar surface area (TPSA) is 104 Å². The molecule has 0 unspecified atom stereocenters. The van der Waals surface area contributed by atoms with Gasteiger partial charge in [0.1, 0.15) is 11.1 Å². The number of hydrogen-bond acceptors (Lipinski definition) is 6. The second-order valence-corrected chi connectivity index (χ2v) is 8.85. The van der Waals surface area contributed by atoms with Crippen LogP contribution in [0, 0.1) is 11.3 Å². The highest BCUT2D eigenvalue weighted by Gasteiger charge is 2.29. The summed E-state index contributed by atoms with van der Waals surface area (Å²) in [6, 6.07) is 5.48. The van der Waals surface area contributed by atoms with Gasteiger partial charge < -0.3 is 14.6 Å². The minimum atomic E-state index is -0.327. The summed E-state index contributed by atoms with van der Waals surface area (Å²) in [4.78, 5) is 27.6. The Bertz CT molecular complexity index is 1130. The van der Waals surface area contributed by atoms with E-state index in [0.29, 0.717) is 40.3 Å². The number of carbonyl (C=O) groups is 2. The molecule has 0 saturated carbocycles. The standard InChI is InChI=1S/C17H11BrIN5O3S/c18-14-2-1-12(27-14)17(26)23-4-3-10-11(5-20)16(28-13(10)8-23)22-15(25)9-6-21-24(19)7-9/h1-2,6-7H,3-4,8H2,(H,22,25). The van der Waals surface area contributed by atoms with Gasteiger partial charge in [-0.1, -0.05) is 0 Å². The number of anilines is 1. The Kier molecular flexibility index (Phi) is 5.26. The zero-order chi connectivity index (χ0) is 19.8. The Balaban J connectivity index is 1.56. The largest absolute Gasteiger partial charge is 0.444 e. The van der Waals surface area contributed by atoms with Gasteiger partial charge in [0.2, 0.25) is 0 Å². The summed E-state index contributed by atoms with van der Waals surface area (Å²) in [5, 5.41) is 16.9. The molecule has 1 aliphatic rings. The first-order valence-electron chi connectivity index (χ1n) is 8.07. The van der Waals surface area contributed by atoms with Gasteiger partial charge in [0.25, 0.3) is 11.8 Å². The molecule has 0 spiro atoms. The quantitative estimate of drug-likeness (QED) is 0.481. The molecule has 2 amide bonds. The number of hydrogen-bond donors (Lipinski definition) is 1. The molecule has 0 radical (unpaired) electrons. The summed E-state index contributed by atoms with van der Waals surface area (Å²) in [7, 11) is 0. The molecule has 0 bridgehead atoms. The summed E-state index contributed by atoms with van der Waals surface area (Å²) in [6.07, 6.45) is 3.60. The van der Waals surface area contributed by atoms with Crippen molar-refractivity contribution < 1.29 is 14.0 Å². The van der Waals surface area contributed by atoms with Crippen LogP contribution in [0.15, 0.2) is 33.6 Å². The average molecular weight is 572 g/mol. The number of nitrogens with zero attached hydrogens (tertiary/aromatic N) is 4. The number of rotatable bonds is 3. The van der Waals surface area contributed by atoms with Crippen LogP contribution >= 0.6 is 50.1 Å². The predicted octanol–water partition coefficient (Wildman–Crippen LogP) is 3.82. The molecule has 1 aliphatic heterocycles. The molecule has 142 valence electrons. The van der Waals surface area contributed by atoms with Crippen molar-refractivity contribution in [2.45, 2.75) is 13.0 Å². The van der Waals surface area contributed by atoms with E-state index < -0.39 is 0 Å². The third-order valence-corrected chi connectivity index (χ3v) is 6.37. The lowest BCUT2D eigenvalue weighted by atomic mass is 10.0. The van der Waals surface area contributed by atoms with Crippen molar-refractivity contribution in [1.82, 2.24) is 12.9 Å². The Hall–Kier alpha value is -2.17. The molecular formula is C17H11BrIN5O3S. The first kappa shape index (κ1) is 19.2. The lowest BCUT2D eigenvalue weighted by Crippen LogP contribution is -2.35. The van der Waals surface area contributed by atoms with Crippen molar-refractivity contribution in [1.29, 1.82) is 5.26 Å². The number of aromatic nitrogens is 2. The molecule has 8 nitrogen and oxygen atoms in total. The van der Waals surface area contributed by atoms with Crippen LogP contribution in [0.5, 0.6) is 0 Å². The van der Waals surface area contributed by atoms with Gasteiger partial charge in [0.15, 0.2) is 10.4 Å². The number of thiophene rings is 1. The van der Waals surface area contributed by atoms with Crippen molar-refractivity contribution in [3.8, 4) is 6.07 Å². The number of amides is 2. The number of furan rings is 1. The second-order valence-electron chi connectivity index (χ2n) is 5.97. The third-order valence-electron chi connectivity index (χ3n) is 4.28. The van der Waals surface area contributed by atoms with Crippen LogP contribution in [-0.2, 0) is 13.0 Å². The van der Waals surface area contributed by atoms with Crippen LogP contribution in [0.1, 0.15) is 36.9 Å². The second kappa shape index (κ2) is 7.69. The summed E-state index contributed by atoms with van der Waals surface area (Å²) in [5.41, 5.74) is 1.75. The maximum Gasteiger partial charge on any atom is 0.289 e. The molecule has 0 aromatic carbocycles. The Morgan fingerprint density at radius 2 is 2.25 bits per heavy atom. The molecule has 4 rings (SSSR count). The monoisotopic (exact) mass is 571 g/mol. The highest BCUT2D eigenvalue weighted by atomic mass is 127. The van der Waals surface area contributed by atoms with E-state index in [2.05, 4.69) is 32.4 Å². The van der Waals surface area contributed by atoms with Gasteiger partial charge >= 0.3 is 0 Å². The van der Waals surface area contributed by atoms with E-state index in [1.807, 2.05) is 22.9 Å². The van der Waals surface area contributed by atoms with Crippen LogP contribution in [0.4, 0.5) is 5.00 Å². The number of nitriles is 1.